The quantitative estimate of drug-likeness (QED) is 0.338. The van der Waals surface area contributed by atoms with Crippen molar-refractivity contribution in [2.24, 2.45) is 10.9 Å². The second-order valence-corrected chi connectivity index (χ2v) is 8.30. The molecule has 0 bridgehead atoms. The van der Waals surface area contributed by atoms with Crippen LogP contribution in [0.4, 0.5) is 0 Å². The number of hydrogen-bond donors (Lipinski definition) is 2. The highest BCUT2D eigenvalue weighted by molar-refractivity contribution is 5.79. The van der Waals surface area contributed by atoms with Crippen molar-refractivity contribution >= 4 is 5.96 Å². The van der Waals surface area contributed by atoms with Crippen LogP contribution in [0.5, 0.6) is 0 Å². The number of nitrogens with zero attached hydrogens (tertiary/aromatic N) is 3. The third-order valence-corrected chi connectivity index (χ3v) is 5.53. The van der Waals surface area contributed by atoms with E-state index < -0.39 is 0 Å². The molecule has 0 saturated carbocycles. The molecule has 0 amide bonds. The number of rotatable bonds is 11. The first-order valence-corrected chi connectivity index (χ1v) is 11.0. The Morgan fingerprint density at radius 1 is 1.21 bits per heavy atom. The van der Waals surface area contributed by atoms with Crippen LogP contribution < -0.4 is 10.6 Å². The van der Waals surface area contributed by atoms with E-state index in [2.05, 4.69) is 63.7 Å². The second kappa shape index (κ2) is 13.6. The smallest absolute Gasteiger partial charge is 0.191 e. The molecule has 1 fully saturated rings. The van der Waals surface area contributed by atoms with Gasteiger partial charge in [0.05, 0.1) is 0 Å². The van der Waals surface area contributed by atoms with Gasteiger partial charge in [-0.15, -0.1) is 0 Å². The molecule has 0 aliphatic carbocycles. The molecule has 0 radical (unpaired) electrons. The standard InChI is InChI=1S/C23H41N5O/c1-20-7-5-14-28(18-20)19-22-10-8-21(9-11-22)17-26-23(24-2)25-12-15-27(3)13-6-16-29-4/h8-11,20H,5-7,12-19H2,1-4H3,(H2,24,25,26). The molecule has 6 heteroatoms. The van der Waals surface area contributed by atoms with Crippen molar-refractivity contribution < 1.29 is 4.74 Å². The van der Waals surface area contributed by atoms with Gasteiger partial charge in [0.25, 0.3) is 0 Å². The zero-order valence-corrected chi connectivity index (χ0v) is 18.9. The van der Waals surface area contributed by atoms with Gasteiger partial charge in [-0.1, -0.05) is 31.2 Å². The van der Waals surface area contributed by atoms with Crippen LogP contribution in [0, 0.1) is 5.92 Å². The van der Waals surface area contributed by atoms with Crippen molar-refractivity contribution in [1.29, 1.82) is 0 Å². The highest BCUT2D eigenvalue weighted by Gasteiger charge is 2.16. The first-order valence-electron chi connectivity index (χ1n) is 11.0. The minimum atomic E-state index is 0.782. The number of ether oxygens (including phenoxy) is 1. The molecular weight excluding hydrogens is 362 g/mol. The predicted molar refractivity (Wildman–Crippen MR) is 122 cm³/mol. The summed E-state index contributed by atoms with van der Waals surface area (Å²) in [6.07, 6.45) is 3.77. The fraction of sp³-hybridized carbons (Fsp3) is 0.696. The number of nitrogens with one attached hydrogen (secondary N) is 2. The summed E-state index contributed by atoms with van der Waals surface area (Å²) in [4.78, 5) is 9.22. The summed E-state index contributed by atoms with van der Waals surface area (Å²) in [5.41, 5.74) is 2.68. The van der Waals surface area contributed by atoms with Crippen molar-refractivity contribution in [3.63, 3.8) is 0 Å². The van der Waals surface area contributed by atoms with Crippen LogP contribution in [-0.2, 0) is 17.8 Å². The summed E-state index contributed by atoms with van der Waals surface area (Å²) in [7, 11) is 5.71. The fourth-order valence-corrected chi connectivity index (χ4v) is 3.81. The Kier molecular flexibility index (Phi) is 11.1. The molecule has 0 aromatic heterocycles. The maximum absolute atomic E-state index is 5.10. The largest absolute Gasteiger partial charge is 0.385 e. The number of piperidine rings is 1. The summed E-state index contributed by atoms with van der Waals surface area (Å²) in [5, 5.41) is 6.80. The van der Waals surface area contributed by atoms with Crippen LogP contribution in [0.1, 0.15) is 37.3 Å². The lowest BCUT2D eigenvalue weighted by atomic mass is 9.99. The number of hydrogen-bond acceptors (Lipinski definition) is 4. The van der Waals surface area contributed by atoms with E-state index in [0.29, 0.717) is 0 Å². The average molecular weight is 404 g/mol. The Hall–Kier alpha value is -1.63. The van der Waals surface area contributed by atoms with Crippen LogP contribution in [0.2, 0.25) is 0 Å². The molecule has 6 nitrogen and oxygen atoms in total. The molecule has 2 N–H and O–H groups in total. The molecule has 164 valence electrons. The van der Waals surface area contributed by atoms with Crippen LogP contribution >= 0.6 is 0 Å². The molecular formula is C23H41N5O. The predicted octanol–water partition coefficient (Wildman–Crippen LogP) is 2.55. The van der Waals surface area contributed by atoms with Gasteiger partial charge in [0.2, 0.25) is 0 Å². The van der Waals surface area contributed by atoms with Gasteiger partial charge in [-0.05, 0) is 49.9 Å². The molecule has 1 atom stereocenters. The maximum atomic E-state index is 5.10. The summed E-state index contributed by atoms with van der Waals surface area (Å²) < 4.78 is 5.10. The SMILES string of the molecule is CN=C(NCCN(C)CCCOC)NCc1ccc(CN2CCCC(C)C2)cc1. The lowest BCUT2D eigenvalue weighted by molar-refractivity contribution is 0.176. The van der Waals surface area contributed by atoms with E-state index in [1.165, 1.54) is 37.1 Å². The van der Waals surface area contributed by atoms with Crippen molar-refractivity contribution in [3.05, 3.63) is 35.4 Å². The molecule has 1 aliphatic heterocycles. The van der Waals surface area contributed by atoms with E-state index in [-0.39, 0.29) is 0 Å². The number of likely N-dealkylation sites (N-methyl/N-ethyl adjacent to an activating group) is 1. The summed E-state index contributed by atoms with van der Waals surface area (Å²) >= 11 is 0. The van der Waals surface area contributed by atoms with E-state index >= 15 is 0 Å². The zero-order chi connectivity index (χ0) is 20.9. The second-order valence-electron chi connectivity index (χ2n) is 8.30. The molecule has 1 aliphatic rings. The number of likely N-dealkylation sites (tertiary alicyclic amines) is 1. The summed E-state index contributed by atoms with van der Waals surface area (Å²) in [6.45, 7) is 10.4. The molecule has 1 heterocycles. The maximum Gasteiger partial charge on any atom is 0.191 e. The van der Waals surface area contributed by atoms with Crippen molar-refractivity contribution in [2.45, 2.75) is 39.3 Å². The Morgan fingerprint density at radius 2 is 1.97 bits per heavy atom. The normalized spacial score (nSPS) is 18.2. The summed E-state index contributed by atoms with van der Waals surface area (Å²) in [5.74, 6) is 1.68. The van der Waals surface area contributed by atoms with Gasteiger partial charge in [-0.25, -0.2) is 0 Å². The third-order valence-electron chi connectivity index (χ3n) is 5.53. The Balaban J connectivity index is 1.67. The molecule has 0 spiro atoms. The van der Waals surface area contributed by atoms with E-state index in [9.17, 15) is 0 Å². The van der Waals surface area contributed by atoms with Crippen LogP contribution in [-0.4, -0.2) is 76.3 Å². The lowest BCUT2D eigenvalue weighted by Crippen LogP contribution is -2.40. The zero-order valence-electron chi connectivity index (χ0n) is 18.9. The highest BCUT2D eigenvalue weighted by atomic mass is 16.5. The fourth-order valence-electron chi connectivity index (χ4n) is 3.81. The average Bonchev–Trinajstić information content (AvgIpc) is 2.72. The Bertz CT molecular complexity index is 589. The number of guanidine groups is 1. The molecule has 1 saturated heterocycles. The van der Waals surface area contributed by atoms with E-state index in [0.717, 1.165) is 57.6 Å². The first kappa shape index (κ1) is 23.6. The van der Waals surface area contributed by atoms with Gasteiger partial charge < -0.3 is 20.3 Å². The molecule has 1 aromatic rings. The third kappa shape index (κ3) is 9.61. The van der Waals surface area contributed by atoms with Gasteiger partial charge in [0.15, 0.2) is 5.96 Å². The van der Waals surface area contributed by atoms with Crippen molar-refractivity contribution in [2.75, 3.05) is 60.5 Å². The Labute approximate surface area is 177 Å². The molecule has 29 heavy (non-hydrogen) atoms. The first-order chi connectivity index (χ1) is 14.1. The van der Waals surface area contributed by atoms with E-state index in [1.54, 1.807) is 7.11 Å². The molecule has 1 aromatic carbocycles. The van der Waals surface area contributed by atoms with Crippen molar-refractivity contribution in [3.8, 4) is 0 Å². The molecule has 1 unspecified atom stereocenters. The number of aliphatic imine (C=N–C) groups is 1. The lowest BCUT2D eigenvalue weighted by Gasteiger charge is -2.30. The summed E-state index contributed by atoms with van der Waals surface area (Å²) in [6, 6.07) is 8.99. The van der Waals surface area contributed by atoms with Crippen LogP contribution in [0.15, 0.2) is 29.3 Å². The molecule has 2 rings (SSSR count). The Morgan fingerprint density at radius 3 is 2.66 bits per heavy atom. The highest BCUT2D eigenvalue weighted by Crippen LogP contribution is 2.18. The van der Waals surface area contributed by atoms with Crippen LogP contribution in [0.3, 0.4) is 0 Å². The number of methoxy groups -OCH3 is 1. The van der Waals surface area contributed by atoms with Gasteiger partial charge in [-0.3, -0.25) is 9.89 Å². The van der Waals surface area contributed by atoms with Gasteiger partial charge in [0.1, 0.15) is 0 Å². The van der Waals surface area contributed by atoms with Crippen LogP contribution in [0.25, 0.3) is 0 Å². The van der Waals surface area contributed by atoms with Gasteiger partial charge in [0, 0.05) is 60.0 Å². The van der Waals surface area contributed by atoms with Gasteiger partial charge >= 0.3 is 0 Å². The van der Waals surface area contributed by atoms with Crippen molar-refractivity contribution in [1.82, 2.24) is 20.4 Å². The van der Waals surface area contributed by atoms with E-state index in [1.807, 2.05) is 7.05 Å². The minimum Gasteiger partial charge on any atom is -0.385 e. The minimum absolute atomic E-state index is 0.782. The number of benzene rings is 1. The monoisotopic (exact) mass is 403 g/mol. The van der Waals surface area contributed by atoms with E-state index in [4.69, 9.17) is 4.74 Å². The van der Waals surface area contributed by atoms with Gasteiger partial charge in [-0.2, -0.15) is 0 Å². The topological polar surface area (TPSA) is 52.1 Å².